The highest BCUT2D eigenvalue weighted by Gasteiger charge is 2.06. The van der Waals surface area contributed by atoms with E-state index in [-0.39, 0.29) is 5.82 Å². The van der Waals surface area contributed by atoms with Gasteiger partial charge in [-0.15, -0.1) is 16.4 Å². The predicted octanol–water partition coefficient (Wildman–Crippen LogP) is 3.13. The maximum Gasteiger partial charge on any atom is 0.146 e. The van der Waals surface area contributed by atoms with Crippen LogP contribution in [0.15, 0.2) is 36.7 Å². The van der Waals surface area contributed by atoms with E-state index < -0.39 is 0 Å². The molecule has 0 amide bonds. The van der Waals surface area contributed by atoms with E-state index in [0.29, 0.717) is 22.3 Å². The maximum atomic E-state index is 13.8. The van der Waals surface area contributed by atoms with E-state index in [1.165, 1.54) is 28.4 Å². The average molecular weight is 310 g/mol. The molecule has 0 bridgehead atoms. The van der Waals surface area contributed by atoms with Crippen LogP contribution in [0.2, 0.25) is 4.34 Å². The van der Waals surface area contributed by atoms with E-state index >= 15 is 0 Å². The largest absolute Gasteiger partial charge is 0.378 e. The van der Waals surface area contributed by atoms with Crippen LogP contribution in [0, 0.1) is 5.82 Å². The number of nitrogens with one attached hydrogen (secondary N) is 1. The topological polar surface area (TPSA) is 55.6 Å². The number of halogens is 2. The zero-order valence-electron chi connectivity index (χ0n) is 10.1. The van der Waals surface area contributed by atoms with Gasteiger partial charge in [0.1, 0.15) is 12.1 Å². The number of thiophene rings is 1. The van der Waals surface area contributed by atoms with Crippen molar-refractivity contribution in [3.63, 3.8) is 0 Å². The minimum atomic E-state index is -0.329. The van der Waals surface area contributed by atoms with Gasteiger partial charge in [-0.25, -0.2) is 9.07 Å². The Morgan fingerprint density at radius 1 is 1.30 bits per heavy atom. The summed E-state index contributed by atoms with van der Waals surface area (Å²) in [5.41, 5.74) is 1.07. The fraction of sp³-hybridized carbons (Fsp3) is 0.0833. The lowest BCUT2D eigenvalue weighted by molar-refractivity contribution is 0.629. The highest BCUT2D eigenvalue weighted by molar-refractivity contribution is 7.16. The van der Waals surface area contributed by atoms with E-state index in [9.17, 15) is 4.39 Å². The number of nitrogens with zero attached hydrogens (tertiary/aromatic N) is 4. The SMILES string of the molecule is Fc1ccc(-n2cnnn2)cc1NCc1ccc(Cl)s1. The summed E-state index contributed by atoms with van der Waals surface area (Å²) in [6.45, 7) is 0.507. The molecule has 0 atom stereocenters. The van der Waals surface area contributed by atoms with Crippen molar-refractivity contribution >= 4 is 28.6 Å². The first-order valence-electron chi connectivity index (χ1n) is 5.73. The Labute approximate surface area is 123 Å². The molecule has 5 nitrogen and oxygen atoms in total. The standard InChI is InChI=1S/C12H9ClFN5S/c13-12-4-2-9(20-12)6-15-11-5-8(1-3-10(11)14)19-7-16-17-18-19/h1-5,7,15H,6H2. The molecule has 0 aliphatic rings. The van der Waals surface area contributed by atoms with Crippen LogP contribution in [0.5, 0.6) is 0 Å². The monoisotopic (exact) mass is 309 g/mol. The third-order valence-corrected chi connectivity index (χ3v) is 3.88. The Morgan fingerprint density at radius 2 is 2.20 bits per heavy atom. The Bertz CT molecular complexity index is 712. The molecule has 3 rings (SSSR count). The third kappa shape index (κ3) is 2.78. The molecule has 20 heavy (non-hydrogen) atoms. The lowest BCUT2D eigenvalue weighted by atomic mass is 10.2. The molecule has 8 heteroatoms. The van der Waals surface area contributed by atoms with Crippen molar-refractivity contribution < 1.29 is 4.39 Å². The smallest absolute Gasteiger partial charge is 0.146 e. The second kappa shape index (κ2) is 5.56. The van der Waals surface area contributed by atoms with Crippen LogP contribution in [-0.4, -0.2) is 20.2 Å². The van der Waals surface area contributed by atoms with Gasteiger partial charge >= 0.3 is 0 Å². The van der Waals surface area contributed by atoms with Crippen molar-refractivity contribution in [1.82, 2.24) is 20.2 Å². The molecule has 0 saturated heterocycles. The summed E-state index contributed by atoms with van der Waals surface area (Å²) < 4.78 is 16.0. The minimum Gasteiger partial charge on any atom is -0.378 e. The van der Waals surface area contributed by atoms with Gasteiger partial charge in [-0.1, -0.05) is 11.6 Å². The van der Waals surface area contributed by atoms with E-state index in [4.69, 9.17) is 11.6 Å². The molecule has 0 radical (unpaired) electrons. The summed E-state index contributed by atoms with van der Waals surface area (Å²) in [5.74, 6) is -0.329. The fourth-order valence-electron chi connectivity index (χ4n) is 1.70. The normalized spacial score (nSPS) is 10.7. The number of rotatable bonds is 4. The molecule has 0 unspecified atom stereocenters. The first kappa shape index (κ1) is 13.0. The van der Waals surface area contributed by atoms with Gasteiger partial charge in [0.25, 0.3) is 0 Å². The van der Waals surface area contributed by atoms with Gasteiger partial charge < -0.3 is 5.32 Å². The number of hydrogen-bond donors (Lipinski definition) is 1. The fourth-order valence-corrected chi connectivity index (χ4v) is 2.73. The highest BCUT2D eigenvalue weighted by Crippen LogP contribution is 2.24. The minimum absolute atomic E-state index is 0.329. The molecule has 2 heterocycles. The number of aromatic nitrogens is 4. The lowest BCUT2D eigenvalue weighted by Crippen LogP contribution is -2.02. The van der Waals surface area contributed by atoms with Gasteiger partial charge in [0, 0.05) is 11.4 Å². The quantitative estimate of drug-likeness (QED) is 0.804. The van der Waals surface area contributed by atoms with Crippen molar-refractivity contribution in [2.45, 2.75) is 6.54 Å². The van der Waals surface area contributed by atoms with Crippen LogP contribution in [0.1, 0.15) is 4.88 Å². The summed E-state index contributed by atoms with van der Waals surface area (Å²) in [4.78, 5) is 1.03. The van der Waals surface area contributed by atoms with Gasteiger partial charge in [-0.3, -0.25) is 0 Å². The van der Waals surface area contributed by atoms with Crippen molar-refractivity contribution in [3.05, 3.63) is 51.7 Å². The van der Waals surface area contributed by atoms with Gasteiger partial charge in [0.05, 0.1) is 15.7 Å². The van der Waals surface area contributed by atoms with Crippen LogP contribution < -0.4 is 5.32 Å². The first-order chi connectivity index (χ1) is 9.72. The molecule has 102 valence electrons. The van der Waals surface area contributed by atoms with E-state index in [0.717, 1.165) is 4.88 Å². The molecule has 0 spiro atoms. The van der Waals surface area contributed by atoms with Gasteiger partial charge in [-0.05, 0) is 40.8 Å². The van der Waals surface area contributed by atoms with Crippen LogP contribution in [-0.2, 0) is 6.54 Å². The summed E-state index contributed by atoms with van der Waals surface area (Å²) in [5, 5.41) is 13.9. The average Bonchev–Trinajstić information content (AvgIpc) is 3.09. The molecule has 1 N–H and O–H groups in total. The summed E-state index contributed by atoms with van der Waals surface area (Å²) >= 11 is 7.32. The van der Waals surface area contributed by atoms with E-state index in [2.05, 4.69) is 20.8 Å². The number of hydrogen-bond acceptors (Lipinski definition) is 5. The molecule has 0 aliphatic heterocycles. The number of tetrazole rings is 1. The molecule has 1 aromatic carbocycles. The predicted molar refractivity (Wildman–Crippen MR) is 75.8 cm³/mol. The molecule has 2 aromatic heterocycles. The Hall–Kier alpha value is -1.99. The lowest BCUT2D eigenvalue weighted by Gasteiger charge is -2.08. The Balaban J connectivity index is 1.80. The third-order valence-electron chi connectivity index (χ3n) is 2.65. The molecule has 0 saturated carbocycles. The van der Waals surface area contributed by atoms with Crippen LogP contribution in [0.25, 0.3) is 5.69 Å². The summed E-state index contributed by atoms with van der Waals surface area (Å²) in [6.07, 6.45) is 1.45. The van der Waals surface area contributed by atoms with Gasteiger partial charge in [0.2, 0.25) is 0 Å². The zero-order valence-corrected chi connectivity index (χ0v) is 11.7. The van der Waals surface area contributed by atoms with Crippen molar-refractivity contribution in [2.24, 2.45) is 0 Å². The molecule has 0 fully saturated rings. The maximum absolute atomic E-state index is 13.8. The van der Waals surface area contributed by atoms with Crippen LogP contribution in [0.4, 0.5) is 10.1 Å². The highest BCUT2D eigenvalue weighted by atomic mass is 35.5. The van der Waals surface area contributed by atoms with Crippen molar-refractivity contribution in [2.75, 3.05) is 5.32 Å². The molecule has 0 aliphatic carbocycles. The number of anilines is 1. The Kier molecular flexibility index (Phi) is 3.62. The second-order valence-corrected chi connectivity index (χ2v) is 5.78. The van der Waals surface area contributed by atoms with Gasteiger partial charge in [0.15, 0.2) is 0 Å². The van der Waals surface area contributed by atoms with Gasteiger partial charge in [-0.2, -0.15) is 0 Å². The van der Waals surface area contributed by atoms with Crippen molar-refractivity contribution in [1.29, 1.82) is 0 Å². The molecule has 3 aromatic rings. The second-order valence-electron chi connectivity index (χ2n) is 3.98. The van der Waals surface area contributed by atoms with E-state index in [1.54, 1.807) is 12.1 Å². The van der Waals surface area contributed by atoms with Crippen LogP contribution in [0.3, 0.4) is 0 Å². The molecular weight excluding hydrogens is 301 g/mol. The van der Waals surface area contributed by atoms with E-state index in [1.807, 2.05) is 12.1 Å². The number of benzene rings is 1. The Morgan fingerprint density at radius 3 is 2.90 bits per heavy atom. The van der Waals surface area contributed by atoms with Crippen molar-refractivity contribution in [3.8, 4) is 5.69 Å². The molecular formula is C12H9ClFN5S. The first-order valence-corrected chi connectivity index (χ1v) is 6.93. The zero-order chi connectivity index (χ0) is 13.9. The summed E-state index contributed by atoms with van der Waals surface area (Å²) in [6, 6.07) is 8.36. The van der Waals surface area contributed by atoms with Crippen LogP contribution >= 0.6 is 22.9 Å². The summed E-state index contributed by atoms with van der Waals surface area (Å²) in [7, 11) is 0.